The van der Waals surface area contributed by atoms with E-state index in [-0.39, 0.29) is 6.04 Å². The number of fused-ring (bicyclic) bond motifs is 1. The summed E-state index contributed by atoms with van der Waals surface area (Å²) in [5.41, 5.74) is 7.49. The Morgan fingerprint density at radius 3 is 2.47 bits per heavy atom. The minimum absolute atomic E-state index is 0.189. The average Bonchev–Trinajstić information content (AvgIpc) is 2.85. The van der Waals surface area contributed by atoms with Crippen LogP contribution in [-0.2, 0) is 0 Å². The van der Waals surface area contributed by atoms with Crippen molar-refractivity contribution in [1.82, 2.24) is 0 Å². The summed E-state index contributed by atoms with van der Waals surface area (Å²) in [5.74, 6) is 0. The summed E-state index contributed by atoms with van der Waals surface area (Å²) >= 11 is 11.4. The maximum atomic E-state index is 6.39. The highest BCUT2D eigenvalue weighted by Crippen LogP contribution is 2.36. The van der Waals surface area contributed by atoms with Gasteiger partial charge in [-0.3, -0.25) is 0 Å². The van der Waals surface area contributed by atoms with E-state index in [0.717, 1.165) is 25.3 Å². The molecule has 1 nitrogen and oxygen atoms in total. The Kier molecular flexibility index (Phi) is 3.63. The predicted molar refractivity (Wildman–Crippen MR) is 87.0 cm³/mol. The van der Waals surface area contributed by atoms with E-state index in [1.54, 1.807) is 11.3 Å². The Morgan fingerprint density at radius 2 is 1.79 bits per heavy atom. The maximum absolute atomic E-state index is 6.39. The fourth-order valence-electron chi connectivity index (χ4n) is 2.23. The van der Waals surface area contributed by atoms with Gasteiger partial charge in [-0.2, -0.15) is 0 Å². The Morgan fingerprint density at radius 1 is 1.05 bits per heavy atom. The Balaban J connectivity index is 2.21. The van der Waals surface area contributed by atoms with Crippen molar-refractivity contribution in [3.05, 3.63) is 67.8 Å². The fraction of sp³-hybridized carbons (Fsp3) is 0.0667. The van der Waals surface area contributed by atoms with Crippen LogP contribution in [0.15, 0.2) is 52.3 Å². The quantitative estimate of drug-likeness (QED) is 0.659. The molecule has 4 heteroatoms. The molecule has 1 aromatic heterocycles. The largest absolute Gasteiger partial charge is 0.320 e. The Labute approximate surface area is 129 Å². The number of benzene rings is 2. The molecular formula is C15H11BrClNS. The third-order valence-electron chi connectivity index (χ3n) is 3.17. The van der Waals surface area contributed by atoms with E-state index in [1.807, 2.05) is 29.6 Å². The van der Waals surface area contributed by atoms with Crippen LogP contribution in [0.3, 0.4) is 0 Å². The van der Waals surface area contributed by atoms with Crippen LogP contribution in [0.4, 0.5) is 0 Å². The van der Waals surface area contributed by atoms with Crippen LogP contribution in [0.5, 0.6) is 0 Å². The topological polar surface area (TPSA) is 26.0 Å². The molecule has 0 saturated heterocycles. The Hall–Kier alpha value is -0.870. The molecule has 0 radical (unpaired) electrons. The molecule has 96 valence electrons. The highest BCUT2D eigenvalue weighted by Gasteiger charge is 2.16. The molecule has 3 aromatic rings. The van der Waals surface area contributed by atoms with Gasteiger partial charge in [-0.1, -0.05) is 57.9 Å². The van der Waals surface area contributed by atoms with Gasteiger partial charge in [-0.05, 0) is 33.8 Å². The van der Waals surface area contributed by atoms with Gasteiger partial charge in [0.25, 0.3) is 0 Å². The van der Waals surface area contributed by atoms with Gasteiger partial charge in [0, 0.05) is 9.35 Å². The number of hydrogen-bond acceptors (Lipinski definition) is 2. The Bertz CT molecular complexity index is 738. The second-order valence-corrected chi connectivity index (χ2v) is 6.50. The zero-order valence-electron chi connectivity index (χ0n) is 9.94. The summed E-state index contributed by atoms with van der Waals surface area (Å²) in [7, 11) is 0. The zero-order chi connectivity index (χ0) is 13.4. The normalized spacial score (nSPS) is 12.8. The van der Waals surface area contributed by atoms with Crippen LogP contribution in [-0.4, -0.2) is 0 Å². The van der Waals surface area contributed by atoms with Crippen molar-refractivity contribution in [2.75, 3.05) is 0 Å². The summed E-state index contributed by atoms with van der Waals surface area (Å²) in [6, 6.07) is 14.0. The molecule has 0 aliphatic rings. The zero-order valence-corrected chi connectivity index (χ0v) is 13.1. The lowest BCUT2D eigenvalue weighted by atomic mass is 9.98. The van der Waals surface area contributed by atoms with E-state index >= 15 is 0 Å². The van der Waals surface area contributed by atoms with E-state index in [4.69, 9.17) is 17.3 Å². The number of hydrogen-bond donors (Lipinski definition) is 1. The number of rotatable bonds is 2. The second-order valence-electron chi connectivity index (χ2n) is 4.29. The number of thiophene rings is 1. The van der Waals surface area contributed by atoms with Crippen molar-refractivity contribution in [2.45, 2.75) is 6.04 Å². The van der Waals surface area contributed by atoms with Crippen molar-refractivity contribution in [2.24, 2.45) is 5.73 Å². The van der Waals surface area contributed by atoms with E-state index in [1.165, 1.54) is 5.39 Å². The monoisotopic (exact) mass is 351 g/mol. The van der Waals surface area contributed by atoms with Crippen LogP contribution in [0.2, 0.25) is 5.02 Å². The van der Waals surface area contributed by atoms with Crippen LogP contribution in [0.25, 0.3) is 10.8 Å². The van der Waals surface area contributed by atoms with Crippen LogP contribution in [0.1, 0.15) is 16.5 Å². The first-order valence-electron chi connectivity index (χ1n) is 5.84. The standard InChI is InChI=1S/C15H11BrClNS/c16-12-6-5-11(9-3-1-2-4-10(9)12)14(18)15-13(17)7-8-19-15/h1-8,14H,18H2. The minimum Gasteiger partial charge on any atom is -0.320 e. The molecule has 3 rings (SSSR count). The first-order valence-corrected chi connectivity index (χ1v) is 7.89. The van der Waals surface area contributed by atoms with Gasteiger partial charge in [0.15, 0.2) is 0 Å². The van der Waals surface area contributed by atoms with E-state index in [2.05, 4.69) is 34.1 Å². The SMILES string of the molecule is NC(c1sccc1Cl)c1ccc(Br)c2ccccc12. The molecule has 1 heterocycles. The third-order valence-corrected chi connectivity index (χ3v) is 5.30. The molecule has 19 heavy (non-hydrogen) atoms. The van der Waals surface area contributed by atoms with Gasteiger partial charge in [0.1, 0.15) is 0 Å². The molecule has 1 unspecified atom stereocenters. The first kappa shape index (κ1) is 13.1. The molecule has 0 aliphatic heterocycles. The number of nitrogens with two attached hydrogens (primary N) is 1. The van der Waals surface area contributed by atoms with Gasteiger partial charge >= 0.3 is 0 Å². The van der Waals surface area contributed by atoms with E-state index < -0.39 is 0 Å². The molecule has 0 spiro atoms. The van der Waals surface area contributed by atoms with Crippen LogP contribution in [0, 0.1) is 0 Å². The van der Waals surface area contributed by atoms with E-state index in [9.17, 15) is 0 Å². The molecule has 0 amide bonds. The maximum Gasteiger partial charge on any atom is 0.0667 e. The lowest BCUT2D eigenvalue weighted by molar-refractivity contribution is 0.903. The van der Waals surface area contributed by atoms with Crippen LogP contribution >= 0.6 is 38.9 Å². The molecule has 0 aliphatic carbocycles. The molecule has 1 atom stereocenters. The lowest BCUT2D eigenvalue weighted by Crippen LogP contribution is -2.11. The van der Waals surface area contributed by atoms with Gasteiger partial charge in [-0.25, -0.2) is 0 Å². The van der Waals surface area contributed by atoms with Crippen LogP contribution < -0.4 is 5.73 Å². The van der Waals surface area contributed by atoms with Gasteiger partial charge in [0.2, 0.25) is 0 Å². The predicted octanol–water partition coefficient (Wildman–Crippen LogP) is 5.37. The fourth-order valence-corrected chi connectivity index (χ4v) is 3.90. The van der Waals surface area contributed by atoms with Crippen molar-refractivity contribution >= 4 is 49.6 Å². The van der Waals surface area contributed by atoms with Gasteiger partial charge < -0.3 is 5.73 Å². The lowest BCUT2D eigenvalue weighted by Gasteiger charge is -2.15. The van der Waals surface area contributed by atoms with E-state index in [0.29, 0.717) is 0 Å². The van der Waals surface area contributed by atoms with Crippen molar-refractivity contribution in [1.29, 1.82) is 0 Å². The summed E-state index contributed by atoms with van der Waals surface area (Å²) in [5, 5.41) is 5.04. The number of halogens is 2. The molecule has 0 fully saturated rings. The third kappa shape index (κ3) is 2.32. The average molecular weight is 353 g/mol. The molecular weight excluding hydrogens is 342 g/mol. The second kappa shape index (κ2) is 5.25. The van der Waals surface area contributed by atoms with Crippen molar-refractivity contribution in [3.8, 4) is 0 Å². The summed E-state index contributed by atoms with van der Waals surface area (Å²) < 4.78 is 1.08. The summed E-state index contributed by atoms with van der Waals surface area (Å²) in [6.07, 6.45) is 0. The highest BCUT2D eigenvalue weighted by molar-refractivity contribution is 9.10. The highest BCUT2D eigenvalue weighted by atomic mass is 79.9. The smallest absolute Gasteiger partial charge is 0.0667 e. The summed E-state index contributed by atoms with van der Waals surface area (Å²) in [4.78, 5) is 1.01. The van der Waals surface area contributed by atoms with Crippen molar-refractivity contribution < 1.29 is 0 Å². The van der Waals surface area contributed by atoms with Crippen molar-refractivity contribution in [3.63, 3.8) is 0 Å². The summed E-state index contributed by atoms with van der Waals surface area (Å²) in [6.45, 7) is 0. The first-order chi connectivity index (χ1) is 9.18. The molecule has 2 N–H and O–H groups in total. The van der Waals surface area contributed by atoms with Gasteiger partial charge in [0.05, 0.1) is 11.1 Å². The van der Waals surface area contributed by atoms with Gasteiger partial charge in [-0.15, -0.1) is 11.3 Å². The molecule has 0 saturated carbocycles. The molecule has 0 bridgehead atoms. The minimum atomic E-state index is -0.189. The molecule has 2 aromatic carbocycles.